The summed E-state index contributed by atoms with van der Waals surface area (Å²) in [6, 6.07) is 6.79. The van der Waals surface area contributed by atoms with Crippen molar-refractivity contribution in [2.75, 3.05) is 13.2 Å². The minimum Gasteiger partial charge on any atom is -0.377 e. The van der Waals surface area contributed by atoms with Crippen molar-refractivity contribution in [3.05, 3.63) is 34.9 Å². The molecule has 0 aromatic heterocycles. The molecule has 0 saturated carbocycles. The van der Waals surface area contributed by atoms with E-state index in [0.717, 1.165) is 26.0 Å². The molecule has 1 saturated heterocycles. The standard InChI is InChI=1S/C14H18ClNO2/c1-10(16-9-13-3-2-8-18-13)14(17)11-4-6-12(15)7-5-11/h4-7,10,13,16H,2-3,8-9H2,1H3. The monoisotopic (exact) mass is 267 g/mol. The van der Waals surface area contributed by atoms with Crippen LogP contribution in [0.15, 0.2) is 24.3 Å². The molecular weight excluding hydrogens is 250 g/mol. The number of rotatable bonds is 5. The predicted octanol–water partition coefficient (Wildman–Crippen LogP) is 2.68. The number of ether oxygens (including phenoxy) is 1. The summed E-state index contributed by atoms with van der Waals surface area (Å²) in [5, 5.41) is 3.87. The Hall–Kier alpha value is -0.900. The van der Waals surface area contributed by atoms with Crippen LogP contribution in [0.3, 0.4) is 0 Å². The summed E-state index contributed by atoms with van der Waals surface area (Å²) < 4.78 is 5.51. The fraction of sp³-hybridized carbons (Fsp3) is 0.500. The number of hydrogen-bond acceptors (Lipinski definition) is 3. The molecule has 18 heavy (non-hydrogen) atoms. The maximum atomic E-state index is 12.1. The van der Waals surface area contributed by atoms with Crippen LogP contribution in [0, 0.1) is 0 Å². The topological polar surface area (TPSA) is 38.3 Å². The minimum atomic E-state index is -0.199. The fourth-order valence-electron chi connectivity index (χ4n) is 2.07. The van der Waals surface area contributed by atoms with E-state index >= 15 is 0 Å². The summed E-state index contributed by atoms with van der Waals surface area (Å²) in [4.78, 5) is 12.1. The van der Waals surface area contributed by atoms with E-state index in [9.17, 15) is 4.79 Å². The Balaban J connectivity index is 1.85. The normalized spacial score (nSPS) is 20.9. The van der Waals surface area contributed by atoms with E-state index in [1.165, 1.54) is 0 Å². The van der Waals surface area contributed by atoms with Crippen LogP contribution in [-0.2, 0) is 4.74 Å². The van der Waals surface area contributed by atoms with Gasteiger partial charge in [0.2, 0.25) is 0 Å². The molecule has 98 valence electrons. The number of nitrogens with one attached hydrogen (secondary N) is 1. The lowest BCUT2D eigenvalue weighted by molar-refractivity contribution is 0.0902. The van der Waals surface area contributed by atoms with E-state index < -0.39 is 0 Å². The first-order valence-electron chi connectivity index (χ1n) is 6.31. The Morgan fingerprint density at radius 1 is 1.50 bits per heavy atom. The lowest BCUT2D eigenvalue weighted by Crippen LogP contribution is -2.38. The number of carbonyl (C=O) groups is 1. The van der Waals surface area contributed by atoms with Gasteiger partial charge >= 0.3 is 0 Å². The Morgan fingerprint density at radius 2 is 2.22 bits per heavy atom. The minimum absolute atomic E-state index is 0.0877. The van der Waals surface area contributed by atoms with Gasteiger partial charge in [-0.2, -0.15) is 0 Å². The molecule has 1 heterocycles. The zero-order chi connectivity index (χ0) is 13.0. The SMILES string of the molecule is CC(NCC1CCCO1)C(=O)c1ccc(Cl)cc1. The first kappa shape index (κ1) is 13.5. The van der Waals surface area contributed by atoms with E-state index in [4.69, 9.17) is 16.3 Å². The average molecular weight is 268 g/mol. The second kappa shape index (κ2) is 6.32. The number of benzene rings is 1. The van der Waals surface area contributed by atoms with Gasteiger partial charge < -0.3 is 10.1 Å². The zero-order valence-electron chi connectivity index (χ0n) is 10.5. The molecule has 1 fully saturated rings. The van der Waals surface area contributed by atoms with Crippen molar-refractivity contribution in [2.24, 2.45) is 0 Å². The van der Waals surface area contributed by atoms with E-state index in [0.29, 0.717) is 10.6 Å². The van der Waals surface area contributed by atoms with Gasteiger partial charge in [-0.1, -0.05) is 11.6 Å². The molecule has 1 N–H and O–H groups in total. The molecule has 1 aromatic carbocycles. The molecule has 0 bridgehead atoms. The van der Waals surface area contributed by atoms with Gasteiger partial charge in [-0.05, 0) is 44.0 Å². The third-order valence-corrected chi connectivity index (χ3v) is 3.45. The molecule has 0 amide bonds. The first-order valence-corrected chi connectivity index (χ1v) is 6.69. The van der Waals surface area contributed by atoms with Gasteiger partial charge in [0.05, 0.1) is 12.1 Å². The summed E-state index contributed by atoms with van der Waals surface area (Å²) in [5.41, 5.74) is 0.687. The molecule has 1 aliphatic rings. The molecule has 0 radical (unpaired) electrons. The highest BCUT2D eigenvalue weighted by Gasteiger charge is 2.19. The lowest BCUT2D eigenvalue weighted by Gasteiger charge is -2.16. The predicted molar refractivity (Wildman–Crippen MR) is 72.2 cm³/mol. The lowest BCUT2D eigenvalue weighted by atomic mass is 10.1. The van der Waals surface area contributed by atoms with Crippen LogP contribution in [0.5, 0.6) is 0 Å². The molecule has 2 unspecified atom stereocenters. The Kier molecular flexibility index (Phi) is 4.75. The van der Waals surface area contributed by atoms with Crippen molar-refractivity contribution < 1.29 is 9.53 Å². The fourth-order valence-corrected chi connectivity index (χ4v) is 2.20. The molecule has 0 aliphatic carbocycles. The maximum absolute atomic E-state index is 12.1. The van der Waals surface area contributed by atoms with E-state index in [2.05, 4.69) is 5.32 Å². The van der Waals surface area contributed by atoms with Gasteiger partial charge in [-0.25, -0.2) is 0 Å². The summed E-state index contributed by atoms with van der Waals surface area (Å²) in [5.74, 6) is 0.0877. The molecular formula is C14H18ClNO2. The Bertz CT molecular complexity index is 399. The molecule has 1 aromatic rings. The number of ketones is 1. The van der Waals surface area contributed by atoms with Crippen molar-refractivity contribution in [3.8, 4) is 0 Å². The second-order valence-corrected chi connectivity index (χ2v) is 5.07. The number of carbonyl (C=O) groups excluding carboxylic acids is 1. The van der Waals surface area contributed by atoms with Gasteiger partial charge in [0.1, 0.15) is 0 Å². The number of Topliss-reactive ketones (excluding diaryl/α,β-unsaturated/α-hetero) is 1. The highest BCUT2D eigenvalue weighted by molar-refractivity contribution is 6.30. The van der Waals surface area contributed by atoms with Crippen molar-refractivity contribution in [3.63, 3.8) is 0 Å². The largest absolute Gasteiger partial charge is 0.377 e. The van der Waals surface area contributed by atoms with Gasteiger partial charge in [0.15, 0.2) is 5.78 Å². The van der Waals surface area contributed by atoms with Gasteiger partial charge in [-0.3, -0.25) is 4.79 Å². The Labute approximate surface area is 112 Å². The van der Waals surface area contributed by atoms with Crippen LogP contribution in [0.25, 0.3) is 0 Å². The van der Waals surface area contributed by atoms with Gasteiger partial charge in [0, 0.05) is 23.7 Å². The van der Waals surface area contributed by atoms with Gasteiger partial charge in [0.25, 0.3) is 0 Å². The highest BCUT2D eigenvalue weighted by atomic mass is 35.5. The quantitative estimate of drug-likeness (QED) is 0.834. The van der Waals surface area contributed by atoms with Crippen molar-refractivity contribution in [1.29, 1.82) is 0 Å². The highest BCUT2D eigenvalue weighted by Crippen LogP contribution is 2.13. The second-order valence-electron chi connectivity index (χ2n) is 4.64. The van der Waals surface area contributed by atoms with Crippen LogP contribution >= 0.6 is 11.6 Å². The molecule has 2 rings (SSSR count). The van der Waals surface area contributed by atoms with Crippen LogP contribution < -0.4 is 5.32 Å². The third-order valence-electron chi connectivity index (χ3n) is 3.20. The summed E-state index contributed by atoms with van der Waals surface area (Å²) in [6.07, 6.45) is 2.45. The molecule has 1 aliphatic heterocycles. The summed E-state index contributed by atoms with van der Waals surface area (Å²) >= 11 is 5.80. The van der Waals surface area contributed by atoms with Crippen LogP contribution in [-0.4, -0.2) is 31.1 Å². The van der Waals surface area contributed by atoms with Crippen molar-refractivity contribution in [1.82, 2.24) is 5.32 Å². The van der Waals surface area contributed by atoms with Crippen molar-refractivity contribution >= 4 is 17.4 Å². The third kappa shape index (κ3) is 3.55. The van der Waals surface area contributed by atoms with Crippen LogP contribution in [0.4, 0.5) is 0 Å². The molecule has 4 heteroatoms. The van der Waals surface area contributed by atoms with Crippen LogP contribution in [0.2, 0.25) is 5.02 Å². The summed E-state index contributed by atoms with van der Waals surface area (Å²) in [6.45, 7) is 3.46. The maximum Gasteiger partial charge on any atom is 0.179 e. The zero-order valence-corrected chi connectivity index (χ0v) is 11.2. The van der Waals surface area contributed by atoms with E-state index in [1.54, 1.807) is 24.3 Å². The average Bonchev–Trinajstić information content (AvgIpc) is 2.89. The van der Waals surface area contributed by atoms with E-state index in [-0.39, 0.29) is 17.9 Å². The van der Waals surface area contributed by atoms with E-state index in [1.807, 2.05) is 6.92 Å². The smallest absolute Gasteiger partial charge is 0.179 e. The van der Waals surface area contributed by atoms with Gasteiger partial charge in [-0.15, -0.1) is 0 Å². The molecule has 2 atom stereocenters. The number of hydrogen-bond donors (Lipinski definition) is 1. The summed E-state index contributed by atoms with van der Waals surface area (Å²) in [7, 11) is 0. The molecule has 3 nitrogen and oxygen atoms in total. The Morgan fingerprint density at radius 3 is 2.83 bits per heavy atom. The van der Waals surface area contributed by atoms with Crippen LogP contribution in [0.1, 0.15) is 30.1 Å². The number of halogens is 1. The molecule has 0 spiro atoms. The van der Waals surface area contributed by atoms with Crippen molar-refractivity contribution in [2.45, 2.75) is 31.9 Å². The first-order chi connectivity index (χ1) is 8.66.